The van der Waals surface area contributed by atoms with Crippen molar-refractivity contribution in [3.63, 3.8) is 0 Å². The SMILES string of the molecule is COC(=O)C1CC(=O)N(c2ccc(N3CCOCC3)cc2C)C1. The topological polar surface area (TPSA) is 59.1 Å². The number of morpholine rings is 1. The third kappa shape index (κ3) is 3.17. The van der Waals surface area contributed by atoms with Gasteiger partial charge in [-0.3, -0.25) is 9.59 Å². The number of carbonyl (C=O) groups is 2. The molecule has 1 aromatic rings. The number of hydrogen-bond donors (Lipinski definition) is 0. The summed E-state index contributed by atoms with van der Waals surface area (Å²) in [4.78, 5) is 27.9. The normalized spacial score (nSPS) is 21.7. The van der Waals surface area contributed by atoms with Crippen molar-refractivity contribution in [2.24, 2.45) is 5.92 Å². The van der Waals surface area contributed by atoms with Gasteiger partial charge < -0.3 is 19.3 Å². The number of esters is 1. The Balaban J connectivity index is 1.78. The molecule has 2 heterocycles. The van der Waals surface area contributed by atoms with E-state index in [1.807, 2.05) is 19.1 Å². The van der Waals surface area contributed by atoms with Gasteiger partial charge in [0.05, 0.1) is 26.2 Å². The smallest absolute Gasteiger partial charge is 0.311 e. The Hall–Kier alpha value is -2.08. The molecule has 0 spiro atoms. The monoisotopic (exact) mass is 318 g/mol. The zero-order valence-corrected chi connectivity index (χ0v) is 13.6. The van der Waals surface area contributed by atoms with E-state index in [9.17, 15) is 9.59 Å². The van der Waals surface area contributed by atoms with E-state index < -0.39 is 0 Å². The van der Waals surface area contributed by atoms with Crippen molar-refractivity contribution in [1.82, 2.24) is 0 Å². The molecule has 2 aliphatic heterocycles. The largest absolute Gasteiger partial charge is 0.469 e. The van der Waals surface area contributed by atoms with Crippen molar-refractivity contribution in [2.45, 2.75) is 13.3 Å². The number of hydrogen-bond acceptors (Lipinski definition) is 5. The summed E-state index contributed by atoms with van der Waals surface area (Å²) < 4.78 is 10.1. The highest BCUT2D eigenvalue weighted by atomic mass is 16.5. The molecule has 6 nitrogen and oxygen atoms in total. The first-order valence-electron chi connectivity index (χ1n) is 7.91. The van der Waals surface area contributed by atoms with Crippen LogP contribution in [-0.4, -0.2) is 51.8 Å². The second kappa shape index (κ2) is 6.58. The second-order valence-electron chi connectivity index (χ2n) is 6.00. The van der Waals surface area contributed by atoms with E-state index in [2.05, 4.69) is 11.0 Å². The first-order valence-corrected chi connectivity index (χ1v) is 7.91. The van der Waals surface area contributed by atoms with E-state index >= 15 is 0 Å². The van der Waals surface area contributed by atoms with E-state index in [1.54, 1.807) is 4.90 Å². The highest BCUT2D eigenvalue weighted by molar-refractivity contribution is 6.00. The van der Waals surface area contributed by atoms with Crippen molar-refractivity contribution in [2.75, 3.05) is 49.8 Å². The molecule has 1 unspecified atom stereocenters. The summed E-state index contributed by atoms with van der Waals surface area (Å²) in [5.74, 6) is -0.711. The Morgan fingerprint density at radius 3 is 2.70 bits per heavy atom. The number of methoxy groups -OCH3 is 1. The van der Waals surface area contributed by atoms with Crippen LogP contribution >= 0.6 is 0 Å². The maximum absolute atomic E-state index is 12.2. The van der Waals surface area contributed by atoms with Crippen molar-refractivity contribution < 1.29 is 19.1 Å². The Morgan fingerprint density at radius 1 is 1.30 bits per heavy atom. The summed E-state index contributed by atoms with van der Waals surface area (Å²) in [6.45, 7) is 5.64. The summed E-state index contributed by atoms with van der Waals surface area (Å²) in [7, 11) is 1.36. The molecular weight excluding hydrogens is 296 g/mol. The molecule has 2 saturated heterocycles. The van der Waals surface area contributed by atoms with Crippen LogP contribution in [0.2, 0.25) is 0 Å². The average molecular weight is 318 g/mol. The maximum Gasteiger partial charge on any atom is 0.311 e. The fourth-order valence-corrected chi connectivity index (χ4v) is 3.23. The molecule has 0 N–H and O–H groups in total. The Bertz CT molecular complexity index is 611. The molecular formula is C17H22N2O4. The van der Waals surface area contributed by atoms with Crippen LogP contribution in [0.15, 0.2) is 18.2 Å². The van der Waals surface area contributed by atoms with Crippen LogP contribution in [0.3, 0.4) is 0 Å². The summed E-state index contributed by atoms with van der Waals surface area (Å²) in [5.41, 5.74) is 3.05. The number of aryl methyl sites for hydroxylation is 1. The van der Waals surface area contributed by atoms with Crippen LogP contribution in [0.4, 0.5) is 11.4 Å². The first kappa shape index (κ1) is 15.8. The molecule has 124 valence electrons. The zero-order chi connectivity index (χ0) is 16.4. The zero-order valence-electron chi connectivity index (χ0n) is 13.6. The maximum atomic E-state index is 12.2. The number of amides is 1. The van der Waals surface area contributed by atoms with E-state index in [1.165, 1.54) is 7.11 Å². The van der Waals surface area contributed by atoms with Gasteiger partial charge in [0.2, 0.25) is 5.91 Å². The molecule has 3 rings (SSSR count). The molecule has 0 radical (unpaired) electrons. The second-order valence-corrected chi connectivity index (χ2v) is 6.00. The number of nitrogens with zero attached hydrogens (tertiary/aromatic N) is 2. The predicted molar refractivity (Wildman–Crippen MR) is 86.7 cm³/mol. The van der Waals surface area contributed by atoms with Gasteiger partial charge in [0, 0.05) is 37.4 Å². The van der Waals surface area contributed by atoms with E-state index in [0.717, 1.165) is 43.2 Å². The number of rotatable bonds is 3. The van der Waals surface area contributed by atoms with Gasteiger partial charge in [-0.05, 0) is 30.7 Å². The number of benzene rings is 1. The molecule has 2 aliphatic rings. The van der Waals surface area contributed by atoms with Crippen LogP contribution in [0, 0.1) is 12.8 Å². The summed E-state index contributed by atoms with van der Waals surface area (Å²) >= 11 is 0. The van der Waals surface area contributed by atoms with Crippen LogP contribution in [0.5, 0.6) is 0 Å². The van der Waals surface area contributed by atoms with Gasteiger partial charge in [0.1, 0.15) is 0 Å². The van der Waals surface area contributed by atoms with Crippen LogP contribution in [0.25, 0.3) is 0 Å². The average Bonchev–Trinajstić information content (AvgIpc) is 2.96. The van der Waals surface area contributed by atoms with E-state index in [4.69, 9.17) is 9.47 Å². The van der Waals surface area contributed by atoms with Gasteiger partial charge in [-0.2, -0.15) is 0 Å². The van der Waals surface area contributed by atoms with Crippen LogP contribution in [-0.2, 0) is 19.1 Å². The quantitative estimate of drug-likeness (QED) is 0.788. The third-order valence-electron chi connectivity index (χ3n) is 4.51. The summed E-state index contributed by atoms with van der Waals surface area (Å²) in [6, 6.07) is 6.10. The highest BCUT2D eigenvalue weighted by Crippen LogP contribution is 2.31. The van der Waals surface area contributed by atoms with Crippen molar-refractivity contribution in [3.8, 4) is 0 Å². The number of anilines is 2. The molecule has 23 heavy (non-hydrogen) atoms. The number of carbonyl (C=O) groups excluding carboxylic acids is 2. The van der Waals surface area contributed by atoms with Gasteiger partial charge in [0.15, 0.2) is 0 Å². The first-order chi connectivity index (χ1) is 11.1. The van der Waals surface area contributed by atoms with Gasteiger partial charge in [-0.15, -0.1) is 0 Å². The Labute approximate surface area is 136 Å². The summed E-state index contributed by atoms with van der Waals surface area (Å²) in [5, 5.41) is 0. The fraction of sp³-hybridized carbons (Fsp3) is 0.529. The lowest BCUT2D eigenvalue weighted by atomic mass is 10.1. The van der Waals surface area contributed by atoms with E-state index in [0.29, 0.717) is 6.54 Å². The number of ether oxygens (including phenoxy) is 2. The molecule has 0 bridgehead atoms. The molecule has 1 aromatic carbocycles. The minimum atomic E-state index is -0.370. The minimum Gasteiger partial charge on any atom is -0.469 e. The molecule has 1 amide bonds. The molecule has 0 aliphatic carbocycles. The third-order valence-corrected chi connectivity index (χ3v) is 4.51. The molecule has 1 atom stereocenters. The molecule has 0 aromatic heterocycles. The summed E-state index contributed by atoms with van der Waals surface area (Å²) in [6.07, 6.45) is 0.220. The lowest BCUT2D eigenvalue weighted by Crippen LogP contribution is -2.36. The molecule has 0 saturated carbocycles. The fourth-order valence-electron chi connectivity index (χ4n) is 3.23. The lowest BCUT2D eigenvalue weighted by molar-refractivity contribution is -0.145. The van der Waals surface area contributed by atoms with Gasteiger partial charge in [0.25, 0.3) is 0 Å². The van der Waals surface area contributed by atoms with Crippen LogP contribution in [0.1, 0.15) is 12.0 Å². The van der Waals surface area contributed by atoms with E-state index in [-0.39, 0.29) is 24.2 Å². The Kier molecular flexibility index (Phi) is 4.52. The van der Waals surface area contributed by atoms with Gasteiger partial charge >= 0.3 is 5.97 Å². The molecule has 2 fully saturated rings. The minimum absolute atomic E-state index is 0.0253. The van der Waals surface area contributed by atoms with Crippen LogP contribution < -0.4 is 9.80 Å². The molecule has 6 heteroatoms. The Morgan fingerprint density at radius 2 is 2.04 bits per heavy atom. The standard InChI is InChI=1S/C17H22N2O4/c1-12-9-14(18-5-7-23-8-6-18)3-4-15(12)19-11-13(10-16(19)20)17(21)22-2/h3-4,9,13H,5-8,10-11H2,1-2H3. The predicted octanol–water partition coefficient (Wildman–Crippen LogP) is 1.36. The van der Waals surface area contributed by atoms with Crippen molar-refractivity contribution in [3.05, 3.63) is 23.8 Å². The lowest BCUT2D eigenvalue weighted by Gasteiger charge is -2.30. The van der Waals surface area contributed by atoms with Crippen molar-refractivity contribution >= 4 is 23.3 Å². The van der Waals surface area contributed by atoms with Crippen molar-refractivity contribution in [1.29, 1.82) is 0 Å². The highest BCUT2D eigenvalue weighted by Gasteiger charge is 2.36. The van der Waals surface area contributed by atoms with Gasteiger partial charge in [-0.1, -0.05) is 0 Å². The van der Waals surface area contributed by atoms with Gasteiger partial charge in [-0.25, -0.2) is 0 Å².